The first-order valence-corrected chi connectivity index (χ1v) is 10.6. The molecule has 0 unspecified atom stereocenters. The van der Waals surface area contributed by atoms with E-state index < -0.39 is 17.4 Å². The summed E-state index contributed by atoms with van der Waals surface area (Å²) in [4.78, 5) is 36.5. The third-order valence-electron chi connectivity index (χ3n) is 4.88. The number of carbonyl (C=O) groups is 2. The molecule has 0 saturated heterocycles. The molecule has 0 radical (unpaired) electrons. The first-order valence-electron chi connectivity index (χ1n) is 9.83. The monoisotopic (exact) mass is 526 g/mol. The minimum absolute atomic E-state index is 0.0684. The Balaban J connectivity index is 1.74. The van der Waals surface area contributed by atoms with E-state index in [9.17, 15) is 24.8 Å². The number of pyridine rings is 1. The fraction of sp³-hybridized carbons (Fsp3) is 0.174. The van der Waals surface area contributed by atoms with Gasteiger partial charge in [0.15, 0.2) is 0 Å². The Morgan fingerprint density at radius 3 is 2.74 bits per heavy atom. The van der Waals surface area contributed by atoms with E-state index >= 15 is 0 Å². The summed E-state index contributed by atoms with van der Waals surface area (Å²) in [6, 6.07) is 11.4. The average molecular weight is 527 g/mol. The summed E-state index contributed by atoms with van der Waals surface area (Å²) in [7, 11) is 1.45. The van der Waals surface area contributed by atoms with Gasteiger partial charge in [0.1, 0.15) is 29.7 Å². The molecule has 174 valence electrons. The Morgan fingerprint density at radius 2 is 2.06 bits per heavy atom. The number of nitrogens with zero attached hydrogens (tertiary/aromatic N) is 3. The second-order valence-electron chi connectivity index (χ2n) is 7.03. The molecule has 0 atom stereocenters. The summed E-state index contributed by atoms with van der Waals surface area (Å²) in [6.45, 7) is 1.35. The van der Waals surface area contributed by atoms with Crippen LogP contribution in [0.1, 0.15) is 32.9 Å². The molecule has 0 aliphatic heterocycles. The topological polar surface area (TPSA) is 147 Å². The van der Waals surface area contributed by atoms with Crippen LogP contribution in [0.4, 0.5) is 0 Å². The lowest BCUT2D eigenvalue weighted by atomic mass is 10.1. The number of carboxylic acids is 1. The number of hydrogen-bond acceptors (Lipinski definition) is 7. The molecule has 0 saturated carbocycles. The van der Waals surface area contributed by atoms with Crippen molar-refractivity contribution in [3.8, 4) is 17.4 Å². The zero-order valence-electron chi connectivity index (χ0n) is 18.2. The number of benzene rings is 1. The van der Waals surface area contributed by atoms with Crippen molar-refractivity contribution in [1.29, 1.82) is 5.26 Å². The highest BCUT2D eigenvalue weighted by atomic mass is 79.9. The number of furan rings is 1. The molecule has 3 rings (SSSR count). The minimum Gasteiger partial charge on any atom is -0.478 e. The van der Waals surface area contributed by atoms with E-state index in [0.717, 1.165) is 0 Å². The Hall–Kier alpha value is -4.01. The van der Waals surface area contributed by atoms with E-state index in [-0.39, 0.29) is 30.0 Å². The maximum Gasteiger partial charge on any atom is 0.336 e. The number of nitriles is 1. The average Bonchev–Trinajstić information content (AvgIpc) is 3.29. The Kier molecular flexibility index (Phi) is 7.78. The second-order valence-corrected chi connectivity index (χ2v) is 7.83. The van der Waals surface area contributed by atoms with Crippen molar-refractivity contribution in [3.63, 3.8) is 0 Å². The summed E-state index contributed by atoms with van der Waals surface area (Å²) >= 11 is 3.37. The molecular weight excluding hydrogens is 508 g/mol. The molecule has 11 heteroatoms. The van der Waals surface area contributed by atoms with Gasteiger partial charge in [-0.1, -0.05) is 18.2 Å². The molecule has 1 amide bonds. The van der Waals surface area contributed by atoms with Gasteiger partial charge in [-0.2, -0.15) is 10.4 Å². The lowest BCUT2D eigenvalue weighted by molar-refractivity contribution is -0.121. The van der Waals surface area contributed by atoms with E-state index in [1.807, 2.05) is 6.07 Å². The van der Waals surface area contributed by atoms with Gasteiger partial charge in [-0.15, -0.1) is 0 Å². The van der Waals surface area contributed by atoms with E-state index in [4.69, 9.17) is 9.15 Å². The number of carboxylic acid groups (broad SMARTS) is 1. The van der Waals surface area contributed by atoms with Crippen LogP contribution in [0.3, 0.4) is 0 Å². The molecule has 10 nitrogen and oxygen atoms in total. The molecule has 0 spiro atoms. The summed E-state index contributed by atoms with van der Waals surface area (Å²) in [6.07, 6.45) is 1.25. The molecule has 0 aliphatic rings. The highest BCUT2D eigenvalue weighted by Gasteiger charge is 2.19. The Labute approximate surface area is 202 Å². The lowest BCUT2D eigenvalue weighted by Gasteiger charge is -2.15. The summed E-state index contributed by atoms with van der Waals surface area (Å²) < 4.78 is 12.3. The fourth-order valence-corrected chi connectivity index (χ4v) is 3.77. The van der Waals surface area contributed by atoms with Gasteiger partial charge in [-0.25, -0.2) is 10.2 Å². The number of rotatable bonds is 8. The molecule has 2 heterocycles. The lowest BCUT2D eigenvalue weighted by Crippen LogP contribution is -2.33. The predicted octanol–water partition coefficient (Wildman–Crippen LogP) is 3.05. The van der Waals surface area contributed by atoms with Gasteiger partial charge in [0.2, 0.25) is 0 Å². The van der Waals surface area contributed by atoms with E-state index in [2.05, 4.69) is 26.5 Å². The predicted molar refractivity (Wildman–Crippen MR) is 125 cm³/mol. The number of nitrogens with one attached hydrogen (secondary N) is 1. The molecule has 2 aromatic heterocycles. The van der Waals surface area contributed by atoms with Crippen LogP contribution in [0, 0.1) is 18.3 Å². The van der Waals surface area contributed by atoms with E-state index in [0.29, 0.717) is 27.1 Å². The molecule has 3 aromatic rings. The number of amides is 1. The zero-order valence-corrected chi connectivity index (χ0v) is 19.7. The van der Waals surface area contributed by atoms with Gasteiger partial charge in [-0.3, -0.25) is 9.59 Å². The van der Waals surface area contributed by atoms with Crippen molar-refractivity contribution < 1.29 is 23.8 Å². The van der Waals surface area contributed by atoms with Gasteiger partial charge in [0.25, 0.3) is 11.5 Å². The third kappa shape index (κ3) is 5.14. The number of halogens is 1. The number of ether oxygens (including phenoxy) is 1. The standard InChI is InChI=1S/C23H19BrN4O6/c1-13-21(24)18(12-33-2)17(9-25)22(30)28(13)11-20(29)27-26-10-14-7-8-19(34-14)15-5-3-4-6-16(15)23(31)32/h3-8,10H,11-12H2,1-2H3,(H,27,29)(H,31,32)/b26-10-. The van der Waals surface area contributed by atoms with Gasteiger partial charge < -0.3 is 18.8 Å². The quantitative estimate of drug-likeness (QED) is 0.338. The first kappa shape index (κ1) is 24.6. The summed E-state index contributed by atoms with van der Waals surface area (Å²) in [5.74, 6) is -1.07. The molecule has 2 N–H and O–H groups in total. The van der Waals surface area contributed by atoms with Crippen LogP contribution in [-0.4, -0.2) is 34.9 Å². The molecular formula is C23H19BrN4O6. The molecule has 0 aliphatic carbocycles. The number of aromatic carboxylic acids is 1. The normalized spacial score (nSPS) is 10.9. The van der Waals surface area contributed by atoms with Gasteiger partial charge in [-0.05, 0) is 41.1 Å². The Morgan fingerprint density at radius 1 is 1.32 bits per heavy atom. The minimum atomic E-state index is -1.08. The Bertz CT molecular complexity index is 1380. The SMILES string of the molecule is COCc1c(Br)c(C)n(CC(=O)N/N=C\c2ccc(-c3ccccc3C(=O)O)o2)c(=O)c1C#N. The van der Waals surface area contributed by atoms with Crippen molar-refractivity contribution in [3.05, 3.63) is 79.4 Å². The van der Waals surface area contributed by atoms with Crippen molar-refractivity contribution >= 4 is 34.0 Å². The van der Waals surface area contributed by atoms with Crippen molar-refractivity contribution in [2.24, 2.45) is 5.10 Å². The fourth-order valence-electron chi connectivity index (χ4n) is 3.25. The van der Waals surface area contributed by atoms with Gasteiger partial charge in [0, 0.05) is 28.4 Å². The van der Waals surface area contributed by atoms with E-state index in [1.54, 1.807) is 37.3 Å². The second kappa shape index (κ2) is 10.7. The maximum absolute atomic E-state index is 12.7. The van der Waals surface area contributed by atoms with Crippen LogP contribution in [0.25, 0.3) is 11.3 Å². The molecule has 1 aromatic carbocycles. The van der Waals surface area contributed by atoms with Crippen molar-refractivity contribution in [2.45, 2.75) is 20.1 Å². The van der Waals surface area contributed by atoms with Crippen LogP contribution < -0.4 is 11.0 Å². The van der Waals surface area contributed by atoms with Crippen molar-refractivity contribution in [1.82, 2.24) is 9.99 Å². The molecule has 0 bridgehead atoms. The third-order valence-corrected chi connectivity index (χ3v) is 5.93. The highest BCUT2D eigenvalue weighted by Crippen LogP contribution is 2.25. The largest absolute Gasteiger partial charge is 0.478 e. The highest BCUT2D eigenvalue weighted by molar-refractivity contribution is 9.10. The molecule has 34 heavy (non-hydrogen) atoms. The van der Waals surface area contributed by atoms with Crippen LogP contribution >= 0.6 is 15.9 Å². The summed E-state index contributed by atoms with van der Waals surface area (Å²) in [5, 5.41) is 22.5. The van der Waals surface area contributed by atoms with Crippen molar-refractivity contribution in [2.75, 3.05) is 7.11 Å². The van der Waals surface area contributed by atoms with Gasteiger partial charge >= 0.3 is 5.97 Å². The smallest absolute Gasteiger partial charge is 0.336 e. The number of carbonyl (C=O) groups excluding carboxylic acids is 1. The summed E-state index contributed by atoms with van der Waals surface area (Å²) in [5.41, 5.74) is 2.96. The van der Waals surface area contributed by atoms with Gasteiger partial charge in [0.05, 0.1) is 18.4 Å². The first-order chi connectivity index (χ1) is 16.3. The maximum atomic E-state index is 12.7. The zero-order chi connectivity index (χ0) is 24.8. The number of hydrazone groups is 1. The molecule has 0 fully saturated rings. The van der Waals surface area contributed by atoms with E-state index in [1.165, 1.54) is 24.0 Å². The van der Waals surface area contributed by atoms with Crippen LogP contribution in [0.2, 0.25) is 0 Å². The number of hydrogen-bond donors (Lipinski definition) is 2. The number of methoxy groups -OCH3 is 1. The van der Waals surface area contributed by atoms with Crippen LogP contribution in [0.15, 0.2) is 55.2 Å². The van der Waals surface area contributed by atoms with Crippen LogP contribution in [-0.2, 0) is 22.7 Å². The number of aromatic nitrogens is 1. The van der Waals surface area contributed by atoms with Crippen LogP contribution in [0.5, 0.6) is 0 Å².